The number of rotatable bonds is 4. The van der Waals surface area contributed by atoms with Gasteiger partial charge in [0.15, 0.2) is 11.5 Å². The van der Waals surface area contributed by atoms with Gasteiger partial charge in [0.25, 0.3) is 5.91 Å². The Morgan fingerprint density at radius 1 is 1.25 bits per heavy atom. The number of amides is 2. The standard InChI is InChI=1S/C19H16FN5O3/c20-14-4-2-1-3-13(14)16-9-15(24-28-16)19(27)23-12-5-6-17(22-10-12)25-8-7-21-18(26)11-25/h1-6,9-10H,7-8,11H2,(H,21,26)(H,23,27). The van der Waals surface area contributed by atoms with E-state index < -0.39 is 11.7 Å². The van der Waals surface area contributed by atoms with Gasteiger partial charge >= 0.3 is 0 Å². The van der Waals surface area contributed by atoms with Crippen molar-refractivity contribution >= 4 is 23.3 Å². The van der Waals surface area contributed by atoms with Crippen LogP contribution in [-0.2, 0) is 4.79 Å². The van der Waals surface area contributed by atoms with Gasteiger partial charge in [-0.15, -0.1) is 0 Å². The summed E-state index contributed by atoms with van der Waals surface area (Å²) >= 11 is 0. The molecule has 0 bridgehead atoms. The maximum atomic E-state index is 13.8. The average molecular weight is 381 g/mol. The van der Waals surface area contributed by atoms with E-state index in [1.54, 1.807) is 30.3 Å². The van der Waals surface area contributed by atoms with Crippen molar-refractivity contribution in [1.82, 2.24) is 15.5 Å². The van der Waals surface area contributed by atoms with Crippen molar-refractivity contribution in [3.8, 4) is 11.3 Å². The number of nitrogens with zero attached hydrogens (tertiary/aromatic N) is 3. The summed E-state index contributed by atoms with van der Waals surface area (Å²) in [5.41, 5.74) is 0.714. The predicted octanol–water partition coefficient (Wildman–Crippen LogP) is 2.06. The van der Waals surface area contributed by atoms with Gasteiger partial charge in [0.2, 0.25) is 5.91 Å². The molecule has 0 radical (unpaired) electrons. The predicted molar refractivity (Wildman–Crippen MR) is 99.3 cm³/mol. The third-order valence-electron chi connectivity index (χ3n) is 4.25. The number of carbonyl (C=O) groups excluding carboxylic acids is 2. The summed E-state index contributed by atoms with van der Waals surface area (Å²) in [7, 11) is 0. The Kier molecular flexibility index (Phi) is 4.71. The smallest absolute Gasteiger partial charge is 0.277 e. The van der Waals surface area contributed by atoms with Gasteiger partial charge in [0.1, 0.15) is 11.6 Å². The summed E-state index contributed by atoms with van der Waals surface area (Å²) in [6, 6.07) is 10.9. The zero-order valence-corrected chi connectivity index (χ0v) is 14.7. The van der Waals surface area contributed by atoms with E-state index in [0.717, 1.165) is 0 Å². The van der Waals surface area contributed by atoms with E-state index in [-0.39, 0.29) is 29.5 Å². The molecule has 3 aromatic rings. The Balaban J connectivity index is 1.44. The molecule has 8 nitrogen and oxygen atoms in total. The molecule has 1 aliphatic heterocycles. The molecule has 0 unspecified atom stereocenters. The van der Waals surface area contributed by atoms with Crippen LogP contribution in [0.1, 0.15) is 10.5 Å². The molecule has 9 heteroatoms. The first-order chi connectivity index (χ1) is 13.6. The highest BCUT2D eigenvalue weighted by Gasteiger charge is 2.18. The number of carbonyl (C=O) groups is 2. The maximum Gasteiger partial charge on any atom is 0.277 e. The second-order valence-corrected chi connectivity index (χ2v) is 6.19. The van der Waals surface area contributed by atoms with E-state index in [1.165, 1.54) is 18.3 Å². The fraction of sp³-hybridized carbons (Fsp3) is 0.158. The number of benzene rings is 1. The number of pyridine rings is 1. The van der Waals surface area contributed by atoms with E-state index in [0.29, 0.717) is 24.6 Å². The minimum atomic E-state index is -0.502. The molecule has 0 atom stereocenters. The summed E-state index contributed by atoms with van der Waals surface area (Å²) in [5.74, 6) is -0.201. The second-order valence-electron chi connectivity index (χ2n) is 6.19. The van der Waals surface area contributed by atoms with Crippen LogP contribution in [0.3, 0.4) is 0 Å². The monoisotopic (exact) mass is 381 g/mol. The van der Waals surface area contributed by atoms with Gasteiger partial charge in [-0.1, -0.05) is 17.3 Å². The second kappa shape index (κ2) is 7.47. The molecule has 0 saturated carbocycles. The Morgan fingerprint density at radius 3 is 2.86 bits per heavy atom. The molecule has 2 amide bonds. The molecule has 0 spiro atoms. The number of anilines is 2. The Hall–Kier alpha value is -3.75. The highest BCUT2D eigenvalue weighted by molar-refractivity contribution is 6.03. The number of nitrogens with one attached hydrogen (secondary N) is 2. The van der Waals surface area contributed by atoms with Crippen molar-refractivity contribution in [3.63, 3.8) is 0 Å². The zero-order chi connectivity index (χ0) is 19.5. The molecule has 2 N–H and O–H groups in total. The van der Waals surface area contributed by atoms with E-state index >= 15 is 0 Å². The third kappa shape index (κ3) is 3.68. The van der Waals surface area contributed by atoms with Crippen LogP contribution in [0, 0.1) is 5.82 Å². The molecule has 142 valence electrons. The van der Waals surface area contributed by atoms with Crippen molar-refractivity contribution in [2.24, 2.45) is 0 Å². The Bertz CT molecular complexity index is 1020. The van der Waals surface area contributed by atoms with Crippen molar-refractivity contribution in [2.45, 2.75) is 0 Å². The summed E-state index contributed by atoms with van der Waals surface area (Å²) in [6.07, 6.45) is 1.50. The van der Waals surface area contributed by atoms with Crippen molar-refractivity contribution < 1.29 is 18.5 Å². The fourth-order valence-electron chi connectivity index (χ4n) is 2.85. The van der Waals surface area contributed by atoms with Crippen molar-refractivity contribution in [3.05, 3.63) is 60.2 Å². The molecule has 0 aliphatic carbocycles. The van der Waals surface area contributed by atoms with Crippen LogP contribution in [0.5, 0.6) is 0 Å². The lowest BCUT2D eigenvalue weighted by Crippen LogP contribution is -2.48. The number of hydrogen-bond donors (Lipinski definition) is 2. The molecule has 28 heavy (non-hydrogen) atoms. The van der Waals surface area contributed by atoms with Gasteiger partial charge < -0.3 is 20.1 Å². The molecule has 1 saturated heterocycles. The van der Waals surface area contributed by atoms with E-state index in [9.17, 15) is 14.0 Å². The lowest BCUT2D eigenvalue weighted by Gasteiger charge is -2.27. The average Bonchev–Trinajstić information content (AvgIpc) is 3.19. The highest BCUT2D eigenvalue weighted by Crippen LogP contribution is 2.23. The van der Waals surface area contributed by atoms with Crippen LogP contribution >= 0.6 is 0 Å². The van der Waals surface area contributed by atoms with Gasteiger partial charge in [0.05, 0.1) is 24.0 Å². The number of halogens is 1. The molecule has 4 rings (SSSR count). The van der Waals surface area contributed by atoms with Gasteiger partial charge in [-0.05, 0) is 24.3 Å². The lowest BCUT2D eigenvalue weighted by molar-refractivity contribution is -0.120. The topological polar surface area (TPSA) is 100 Å². The molecule has 3 heterocycles. The highest BCUT2D eigenvalue weighted by atomic mass is 19.1. The summed E-state index contributed by atoms with van der Waals surface area (Å²) < 4.78 is 18.9. The molecule has 1 aromatic carbocycles. The summed E-state index contributed by atoms with van der Waals surface area (Å²) in [6.45, 7) is 1.48. The minimum Gasteiger partial charge on any atom is -0.355 e. The van der Waals surface area contributed by atoms with Crippen molar-refractivity contribution in [1.29, 1.82) is 0 Å². The maximum absolute atomic E-state index is 13.8. The largest absolute Gasteiger partial charge is 0.355 e. The summed E-state index contributed by atoms with van der Waals surface area (Å²) in [4.78, 5) is 30.0. The number of piperazine rings is 1. The first-order valence-electron chi connectivity index (χ1n) is 8.61. The van der Waals surface area contributed by atoms with Crippen LogP contribution in [0.4, 0.5) is 15.9 Å². The Labute approximate surface area is 159 Å². The SMILES string of the molecule is O=C1CN(c2ccc(NC(=O)c3cc(-c4ccccc4F)on3)cn2)CCN1. The van der Waals surface area contributed by atoms with Gasteiger partial charge in [-0.3, -0.25) is 9.59 Å². The lowest BCUT2D eigenvalue weighted by atomic mass is 10.1. The van der Waals surface area contributed by atoms with Crippen LogP contribution in [0.25, 0.3) is 11.3 Å². The van der Waals surface area contributed by atoms with Crippen molar-refractivity contribution in [2.75, 3.05) is 29.9 Å². The van der Waals surface area contributed by atoms with E-state index in [1.807, 2.05) is 4.90 Å². The van der Waals surface area contributed by atoms with Gasteiger partial charge in [-0.25, -0.2) is 9.37 Å². The van der Waals surface area contributed by atoms with E-state index in [2.05, 4.69) is 20.8 Å². The van der Waals surface area contributed by atoms with Gasteiger partial charge in [-0.2, -0.15) is 0 Å². The molecular formula is C19H16FN5O3. The molecular weight excluding hydrogens is 365 g/mol. The molecule has 1 aliphatic rings. The quantitative estimate of drug-likeness (QED) is 0.718. The Morgan fingerprint density at radius 2 is 2.11 bits per heavy atom. The number of hydrogen-bond acceptors (Lipinski definition) is 6. The third-order valence-corrected chi connectivity index (χ3v) is 4.25. The summed E-state index contributed by atoms with van der Waals surface area (Å²) in [5, 5.41) is 9.11. The first kappa shape index (κ1) is 17.7. The minimum absolute atomic E-state index is 0.0232. The molecule has 1 fully saturated rings. The van der Waals surface area contributed by atoms with Crippen LogP contribution < -0.4 is 15.5 Å². The number of aromatic nitrogens is 2. The normalized spacial score (nSPS) is 13.9. The van der Waals surface area contributed by atoms with Crippen LogP contribution in [-0.4, -0.2) is 41.6 Å². The van der Waals surface area contributed by atoms with Crippen LogP contribution in [0.15, 0.2) is 53.2 Å². The first-order valence-corrected chi connectivity index (χ1v) is 8.61. The molecule has 2 aromatic heterocycles. The zero-order valence-electron chi connectivity index (χ0n) is 14.7. The fourth-order valence-corrected chi connectivity index (χ4v) is 2.85. The van der Waals surface area contributed by atoms with Gasteiger partial charge in [0, 0.05) is 19.2 Å². The van der Waals surface area contributed by atoms with E-state index in [4.69, 9.17) is 4.52 Å². The van der Waals surface area contributed by atoms with Crippen LogP contribution in [0.2, 0.25) is 0 Å².